The predicted molar refractivity (Wildman–Crippen MR) is 145 cm³/mol. The minimum Gasteiger partial charge on any atom is -0.508 e. The van der Waals surface area contributed by atoms with Crippen LogP contribution in [0.1, 0.15) is 27.0 Å². The molecule has 1 fully saturated rings. The third kappa shape index (κ3) is 6.16. The summed E-state index contributed by atoms with van der Waals surface area (Å²) >= 11 is 0. The number of benzene rings is 3. The summed E-state index contributed by atoms with van der Waals surface area (Å²) in [6, 6.07) is 15.4. The molecule has 1 aromatic heterocycles. The van der Waals surface area contributed by atoms with E-state index in [1.54, 1.807) is 48.7 Å². The molecule has 2 heterocycles. The lowest BCUT2D eigenvalue weighted by molar-refractivity contribution is -0.138. The van der Waals surface area contributed by atoms with E-state index in [0.717, 1.165) is 30.3 Å². The van der Waals surface area contributed by atoms with E-state index in [1.165, 1.54) is 16.8 Å². The van der Waals surface area contributed by atoms with Crippen LogP contribution in [-0.2, 0) is 12.7 Å². The lowest BCUT2D eigenvalue weighted by atomic mass is 10.0. The number of amides is 1. The molecule has 2 N–H and O–H groups in total. The van der Waals surface area contributed by atoms with Crippen molar-refractivity contribution < 1.29 is 23.1 Å². The molecule has 1 aliphatic rings. The number of aromatic hydroxyl groups is 1. The summed E-state index contributed by atoms with van der Waals surface area (Å²) in [6.45, 7) is 5.06. The molecule has 11 heteroatoms. The van der Waals surface area contributed by atoms with Gasteiger partial charge in [-0.25, -0.2) is 4.68 Å². The molecule has 40 heavy (non-hydrogen) atoms. The number of halogens is 3. The number of phenolic OH excluding ortho intramolecular Hbond substituents is 1. The molecule has 0 radical (unpaired) electrons. The highest BCUT2D eigenvalue weighted by molar-refractivity contribution is 6.04. The van der Waals surface area contributed by atoms with Gasteiger partial charge in [0.25, 0.3) is 5.91 Å². The first kappa shape index (κ1) is 27.4. The van der Waals surface area contributed by atoms with E-state index in [4.69, 9.17) is 0 Å². The third-order valence-electron chi connectivity index (χ3n) is 7.04. The molecule has 0 spiro atoms. The van der Waals surface area contributed by atoms with Crippen LogP contribution >= 0.6 is 0 Å². The van der Waals surface area contributed by atoms with Gasteiger partial charge < -0.3 is 15.3 Å². The number of nitrogens with one attached hydrogen (secondary N) is 1. The Kier molecular flexibility index (Phi) is 7.59. The number of alkyl halides is 3. The fraction of sp³-hybridized carbons (Fsp3) is 0.276. The molecule has 8 nitrogen and oxygen atoms in total. The van der Waals surface area contributed by atoms with Crippen molar-refractivity contribution >= 4 is 11.6 Å². The zero-order valence-corrected chi connectivity index (χ0v) is 22.1. The number of hydrogen-bond donors (Lipinski definition) is 2. The summed E-state index contributed by atoms with van der Waals surface area (Å²) in [7, 11) is 1.99. The number of likely N-dealkylation sites (N-methyl/N-ethyl adjacent to an activating group) is 1. The van der Waals surface area contributed by atoms with Crippen LogP contribution in [0.5, 0.6) is 5.75 Å². The van der Waals surface area contributed by atoms with Crippen molar-refractivity contribution in [2.75, 3.05) is 38.5 Å². The summed E-state index contributed by atoms with van der Waals surface area (Å²) in [5, 5.41) is 20.5. The molecule has 4 aromatic rings. The van der Waals surface area contributed by atoms with E-state index >= 15 is 0 Å². The summed E-state index contributed by atoms with van der Waals surface area (Å²) in [6.07, 6.45) is -2.85. The largest absolute Gasteiger partial charge is 0.508 e. The summed E-state index contributed by atoms with van der Waals surface area (Å²) in [4.78, 5) is 17.2. The number of carbonyl (C=O) groups excluding carboxylic acids is 1. The Morgan fingerprint density at radius 3 is 2.42 bits per heavy atom. The lowest BCUT2D eigenvalue weighted by Gasteiger charge is -2.33. The van der Waals surface area contributed by atoms with Crippen molar-refractivity contribution in [3.8, 4) is 22.7 Å². The molecule has 1 amide bonds. The molecule has 1 aliphatic heterocycles. The average molecular weight is 551 g/mol. The molecule has 0 aliphatic carbocycles. The zero-order chi connectivity index (χ0) is 28.4. The van der Waals surface area contributed by atoms with Gasteiger partial charge in [-0.2, -0.15) is 13.2 Å². The molecular formula is C29H29F3N6O2. The fourth-order valence-corrected chi connectivity index (χ4v) is 4.65. The quantitative estimate of drug-likeness (QED) is 0.353. The predicted octanol–water partition coefficient (Wildman–Crippen LogP) is 4.97. The number of aryl methyl sites for hydroxylation is 1. The van der Waals surface area contributed by atoms with Gasteiger partial charge in [-0.05, 0) is 73.6 Å². The van der Waals surface area contributed by atoms with E-state index in [9.17, 15) is 23.1 Å². The van der Waals surface area contributed by atoms with E-state index < -0.39 is 17.6 Å². The highest BCUT2D eigenvalue weighted by Crippen LogP contribution is 2.35. The summed E-state index contributed by atoms with van der Waals surface area (Å²) < 4.78 is 43.4. The van der Waals surface area contributed by atoms with Gasteiger partial charge in [-0.1, -0.05) is 17.3 Å². The van der Waals surface area contributed by atoms with Crippen LogP contribution in [-0.4, -0.2) is 69.0 Å². The first-order valence-electron chi connectivity index (χ1n) is 12.8. The average Bonchev–Trinajstić information content (AvgIpc) is 3.41. The number of carbonyl (C=O) groups is 1. The molecule has 208 valence electrons. The van der Waals surface area contributed by atoms with E-state index in [0.29, 0.717) is 24.5 Å². The molecule has 0 atom stereocenters. The Hall–Kier alpha value is -4.22. The smallest absolute Gasteiger partial charge is 0.416 e. The van der Waals surface area contributed by atoms with Crippen molar-refractivity contribution in [2.24, 2.45) is 0 Å². The van der Waals surface area contributed by atoms with Gasteiger partial charge in [0.05, 0.1) is 17.4 Å². The van der Waals surface area contributed by atoms with Crippen LogP contribution in [0.2, 0.25) is 0 Å². The number of hydrogen-bond acceptors (Lipinski definition) is 6. The molecule has 0 bridgehead atoms. The van der Waals surface area contributed by atoms with E-state index in [1.807, 2.05) is 18.9 Å². The second kappa shape index (κ2) is 11.1. The van der Waals surface area contributed by atoms with Crippen LogP contribution in [0.15, 0.2) is 66.9 Å². The Bertz CT molecular complexity index is 1510. The highest BCUT2D eigenvalue weighted by atomic mass is 19.4. The number of anilines is 1. The normalized spacial score (nSPS) is 14.8. The number of phenols is 1. The van der Waals surface area contributed by atoms with Crippen molar-refractivity contribution in [3.05, 3.63) is 89.1 Å². The Balaban J connectivity index is 1.35. The highest BCUT2D eigenvalue weighted by Gasteiger charge is 2.34. The van der Waals surface area contributed by atoms with Crippen LogP contribution in [0.4, 0.5) is 18.9 Å². The number of aromatic nitrogens is 3. The molecule has 3 aromatic carbocycles. The minimum absolute atomic E-state index is 0.0666. The molecule has 0 saturated carbocycles. The van der Waals surface area contributed by atoms with Gasteiger partial charge in [0.1, 0.15) is 11.4 Å². The van der Waals surface area contributed by atoms with Gasteiger partial charge in [-0.3, -0.25) is 9.69 Å². The monoisotopic (exact) mass is 550 g/mol. The van der Waals surface area contributed by atoms with Gasteiger partial charge >= 0.3 is 6.18 Å². The van der Waals surface area contributed by atoms with Crippen LogP contribution in [0, 0.1) is 6.92 Å². The number of piperazine rings is 1. The first-order valence-corrected chi connectivity index (χ1v) is 12.8. The number of nitrogens with zero attached hydrogens (tertiary/aromatic N) is 5. The third-order valence-corrected chi connectivity index (χ3v) is 7.04. The van der Waals surface area contributed by atoms with Crippen molar-refractivity contribution in [1.82, 2.24) is 24.8 Å². The Labute approximate surface area is 229 Å². The Morgan fingerprint density at radius 1 is 1.00 bits per heavy atom. The fourth-order valence-electron chi connectivity index (χ4n) is 4.65. The van der Waals surface area contributed by atoms with Crippen molar-refractivity contribution in [2.45, 2.75) is 19.6 Å². The van der Waals surface area contributed by atoms with Gasteiger partial charge in [0, 0.05) is 49.5 Å². The molecular weight excluding hydrogens is 521 g/mol. The van der Waals surface area contributed by atoms with Crippen LogP contribution in [0.25, 0.3) is 16.9 Å². The van der Waals surface area contributed by atoms with Crippen molar-refractivity contribution in [3.63, 3.8) is 0 Å². The summed E-state index contributed by atoms with van der Waals surface area (Å²) in [5.74, 6) is -0.405. The van der Waals surface area contributed by atoms with Gasteiger partial charge in [-0.15, -0.1) is 5.10 Å². The minimum atomic E-state index is -4.55. The maximum Gasteiger partial charge on any atom is 0.416 e. The van der Waals surface area contributed by atoms with Gasteiger partial charge in [0.2, 0.25) is 0 Å². The van der Waals surface area contributed by atoms with Crippen molar-refractivity contribution in [1.29, 1.82) is 0 Å². The van der Waals surface area contributed by atoms with Gasteiger partial charge in [0.15, 0.2) is 0 Å². The number of rotatable bonds is 6. The van der Waals surface area contributed by atoms with E-state index in [-0.39, 0.29) is 29.1 Å². The molecule has 0 unspecified atom stereocenters. The van der Waals surface area contributed by atoms with E-state index in [2.05, 4.69) is 20.5 Å². The van der Waals surface area contributed by atoms with Crippen LogP contribution in [0.3, 0.4) is 0 Å². The Morgan fingerprint density at radius 2 is 1.73 bits per heavy atom. The zero-order valence-electron chi connectivity index (χ0n) is 22.1. The maximum absolute atomic E-state index is 14.0. The topological polar surface area (TPSA) is 86.5 Å². The maximum atomic E-state index is 14.0. The molecule has 5 rings (SSSR count). The SMILES string of the molecule is Cc1ccc(C(=O)Nc2ccc(CN3CCN(C)CC3)c(C(F)(F)F)c2)cc1-n1cc(-c2ccc(O)cc2)nn1. The second-order valence-corrected chi connectivity index (χ2v) is 10.00. The second-order valence-electron chi connectivity index (χ2n) is 10.00. The lowest BCUT2D eigenvalue weighted by Crippen LogP contribution is -2.44. The standard InChI is InChI=1S/C29H29F3N6O2/c1-19-3-4-21(15-27(19)38-18-26(34-35-38)20-6-9-24(39)10-7-20)28(40)33-23-8-5-22(25(16-23)29(30,31)32)17-37-13-11-36(2)12-14-37/h3-10,15-16,18,39H,11-14,17H2,1-2H3,(H,33,40). The first-order chi connectivity index (χ1) is 19.1. The summed E-state index contributed by atoms with van der Waals surface area (Å²) in [5.41, 5.74) is 2.52. The van der Waals surface area contributed by atoms with Crippen LogP contribution < -0.4 is 5.32 Å². The molecule has 1 saturated heterocycles.